The van der Waals surface area contributed by atoms with Crippen LogP contribution < -0.4 is 10.6 Å². The van der Waals surface area contributed by atoms with E-state index < -0.39 is 0 Å². The Balaban J connectivity index is 1.46. The number of aryl methyl sites for hydroxylation is 1. The molecule has 1 unspecified atom stereocenters. The molecule has 1 aliphatic heterocycles. The molecule has 3 rings (SSSR count). The summed E-state index contributed by atoms with van der Waals surface area (Å²) in [6.07, 6.45) is 3.66. The van der Waals surface area contributed by atoms with Gasteiger partial charge in [-0.15, -0.1) is 0 Å². The minimum absolute atomic E-state index is 0.203. The van der Waals surface area contributed by atoms with Gasteiger partial charge < -0.3 is 9.84 Å². The molecular formula is C12H18N4O2. The average molecular weight is 250 g/mol. The topological polar surface area (TPSA) is 70.4 Å². The third-order valence-electron chi connectivity index (χ3n) is 3.49. The van der Waals surface area contributed by atoms with Crippen molar-refractivity contribution in [2.24, 2.45) is 0 Å². The lowest BCUT2D eigenvalue weighted by molar-refractivity contribution is 0.247. The molecule has 1 saturated carbocycles. The van der Waals surface area contributed by atoms with Crippen molar-refractivity contribution in [1.82, 2.24) is 15.4 Å². The predicted molar refractivity (Wildman–Crippen MR) is 66.4 cm³/mol. The zero-order valence-corrected chi connectivity index (χ0v) is 10.5. The summed E-state index contributed by atoms with van der Waals surface area (Å²) in [6.45, 7) is 3.86. The Bertz CT molecular complexity index is 441. The normalized spacial score (nSPS) is 24.2. The second kappa shape index (κ2) is 4.61. The van der Waals surface area contributed by atoms with Gasteiger partial charge in [-0.1, -0.05) is 5.16 Å². The molecule has 1 saturated heterocycles. The van der Waals surface area contributed by atoms with Crippen LogP contribution >= 0.6 is 0 Å². The fourth-order valence-electron chi connectivity index (χ4n) is 2.44. The van der Waals surface area contributed by atoms with Crippen LogP contribution in [-0.2, 0) is 0 Å². The van der Waals surface area contributed by atoms with Crippen molar-refractivity contribution in [3.05, 3.63) is 11.8 Å². The molecular weight excluding hydrogens is 232 g/mol. The Kier molecular flexibility index (Phi) is 2.95. The second-order valence-electron chi connectivity index (χ2n) is 5.13. The lowest BCUT2D eigenvalue weighted by Gasteiger charge is -2.15. The van der Waals surface area contributed by atoms with Gasteiger partial charge in [0.15, 0.2) is 5.82 Å². The molecule has 2 N–H and O–H groups in total. The van der Waals surface area contributed by atoms with Gasteiger partial charge >= 0.3 is 6.03 Å². The number of hydrogen-bond acceptors (Lipinski definition) is 4. The number of aromatic nitrogens is 1. The van der Waals surface area contributed by atoms with Gasteiger partial charge in [0, 0.05) is 31.2 Å². The number of anilines is 1. The van der Waals surface area contributed by atoms with Crippen molar-refractivity contribution >= 4 is 11.8 Å². The fraction of sp³-hybridized carbons (Fsp3) is 0.667. The number of likely N-dealkylation sites (tertiary alicyclic amines) is 1. The number of carbonyl (C=O) groups is 1. The third kappa shape index (κ3) is 2.64. The number of rotatable bonds is 3. The molecule has 1 aromatic rings. The van der Waals surface area contributed by atoms with Gasteiger partial charge in [0.2, 0.25) is 0 Å². The number of nitrogens with one attached hydrogen (secondary N) is 2. The minimum Gasteiger partial charge on any atom is -0.360 e. The first-order valence-corrected chi connectivity index (χ1v) is 6.45. The van der Waals surface area contributed by atoms with Crippen LogP contribution in [-0.4, -0.2) is 41.3 Å². The maximum atomic E-state index is 11.7. The van der Waals surface area contributed by atoms with Gasteiger partial charge in [-0.2, -0.15) is 0 Å². The lowest BCUT2D eigenvalue weighted by atomic mass is 10.3. The van der Waals surface area contributed by atoms with E-state index in [2.05, 4.69) is 20.7 Å². The van der Waals surface area contributed by atoms with Crippen LogP contribution in [0.3, 0.4) is 0 Å². The van der Waals surface area contributed by atoms with E-state index in [1.165, 1.54) is 12.8 Å². The van der Waals surface area contributed by atoms with Crippen molar-refractivity contribution in [2.45, 2.75) is 38.3 Å². The van der Waals surface area contributed by atoms with Crippen LogP contribution in [0, 0.1) is 6.92 Å². The molecule has 18 heavy (non-hydrogen) atoms. The van der Waals surface area contributed by atoms with Crippen molar-refractivity contribution in [2.75, 3.05) is 18.4 Å². The molecule has 0 spiro atoms. The Morgan fingerprint density at radius 1 is 1.50 bits per heavy atom. The third-order valence-corrected chi connectivity index (χ3v) is 3.49. The van der Waals surface area contributed by atoms with E-state index in [1.807, 2.05) is 0 Å². The molecule has 6 heteroatoms. The summed E-state index contributed by atoms with van der Waals surface area (Å²) in [5.74, 6) is 1.15. The number of amides is 2. The zero-order chi connectivity index (χ0) is 12.5. The standard InChI is InChI=1S/C12H18N4O2/c1-8-6-11(15-18-8)14-12(17)13-9-4-5-16(7-9)10-2-3-10/h6,9-10H,2-5,7H2,1H3,(H2,13,14,15,17). The molecule has 2 amide bonds. The van der Waals surface area contributed by atoms with Gasteiger partial charge in [0.25, 0.3) is 0 Å². The lowest BCUT2D eigenvalue weighted by Crippen LogP contribution is -2.40. The van der Waals surface area contributed by atoms with Crippen molar-refractivity contribution in [3.63, 3.8) is 0 Å². The van der Waals surface area contributed by atoms with Crippen molar-refractivity contribution in [1.29, 1.82) is 0 Å². The molecule has 0 aromatic carbocycles. The summed E-state index contributed by atoms with van der Waals surface area (Å²) < 4.78 is 4.89. The Morgan fingerprint density at radius 2 is 2.33 bits per heavy atom. The van der Waals surface area contributed by atoms with Gasteiger partial charge in [-0.3, -0.25) is 10.2 Å². The smallest absolute Gasteiger partial charge is 0.320 e. The molecule has 98 valence electrons. The van der Waals surface area contributed by atoms with E-state index >= 15 is 0 Å². The summed E-state index contributed by atoms with van der Waals surface area (Å²) in [6, 6.07) is 2.52. The first kappa shape index (κ1) is 11.5. The fourth-order valence-corrected chi connectivity index (χ4v) is 2.44. The average Bonchev–Trinajstić information content (AvgIpc) is 2.95. The van der Waals surface area contributed by atoms with E-state index in [1.54, 1.807) is 13.0 Å². The van der Waals surface area contributed by atoms with Crippen LogP contribution in [0.15, 0.2) is 10.6 Å². The van der Waals surface area contributed by atoms with Crippen LogP contribution in [0.4, 0.5) is 10.6 Å². The highest BCUT2D eigenvalue weighted by molar-refractivity contribution is 5.88. The highest BCUT2D eigenvalue weighted by Gasteiger charge is 2.34. The molecule has 2 fully saturated rings. The number of urea groups is 1. The Hall–Kier alpha value is -1.56. The van der Waals surface area contributed by atoms with E-state index in [4.69, 9.17) is 4.52 Å². The second-order valence-corrected chi connectivity index (χ2v) is 5.13. The van der Waals surface area contributed by atoms with Gasteiger partial charge in [-0.05, 0) is 26.2 Å². The zero-order valence-electron chi connectivity index (χ0n) is 10.5. The maximum absolute atomic E-state index is 11.7. The molecule has 0 bridgehead atoms. The molecule has 1 aliphatic carbocycles. The van der Waals surface area contributed by atoms with Crippen LogP contribution in [0.1, 0.15) is 25.0 Å². The first-order valence-electron chi connectivity index (χ1n) is 6.45. The maximum Gasteiger partial charge on any atom is 0.320 e. The molecule has 0 radical (unpaired) electrons. The van der Waals surface area contributed by atoms with Crippen LogP contribution in [0.5, 0.6) is 0 Å². The molecule has 1 atom stereocenters. The summed E-state index contributed by atoms with van der Waals surface area (Å²) in [7, 11) is 0. The number of hydrogen-bond donors (Lipinski definition) is 2. The van der Waals surface area contributed by atoms with Gasteiger partial charge in [-0.25, -0.2) is 4.79 Å². The molecule has 2 aliphatic rings. The van der Waals surface area contributed by atoms with E-state index in [9.17, 15) is 4.79 Å². The highest BCUT2D eigenvalue weighted by atomic mass is 16.5. The SMILES string of the molecule is Cc1cc(NC(=O)NC2CCN(C3CC3)C2)no1. The van der Waals surface area contributed by atoms with E-state index in [0.717, 1.165) is 25.6 Å². The number of carbonyl (C=O) groups excluding carboxylic acids is 1. The van der Waals surface area contributed by atoms with Gasteiger partial charge in [0.1, 0.15) is 5.76 Å². The predicted octanol–water partition coefficient (Wildman–Crippen LogP) is 1.34. The number of nitrogens with zero attached hydrogens (tertiary/aromatic N) is 2. The minimum atomic E-state index is -0.203. The van der Waals surface area contributed by atoms with Crippen LogP contribution in [0.2, 0.25) is 0 Å². The highest BCUT2D eigenvalue weighted by Crippen LogP contribution is 2.29. The van der Waals surface area contributed by atoms with Crippen molar-refractivity contribution < 1.29 is 9.32 Å². The van der Waals surface area contributed by atoms with Crippen LogP contribution in [0.25, 0.3) is 0 Å². The summed E-state index contributed by atoms with van der Waals surface area (Å²) in [4.78, 5) is 14.2. The molecule has 1 aromatic heterocycles. The summed E-state index contributed by atoms with van der Waals surface area (Å²) in [5.41, 5.74) is 0. The first-order chi connectivity index (χ1) is 8.70. The monoisotopic (exact) mass is 250 g/mol. The Labute approximate surface area is 106 Å². The summed E-state index contributed by atoms with van der Waals surface area (Å²) >= 11 is 0. The Morgan fingerprint density at radius 3 is 3.00 bits per heavy atom. The van der Waals surface area contributed by atoms with E-state index in [-0.39, 0.29) is 12.1 Å². The van der Waals surface area contributed by atoms with Gasteiger partial charge in [0.05, 0.1) is 0 Å². The summed E-state index contributed by atoms with van der Waals surface area (Å²) in [5, 5.41) is 9.38. The molecule has 6 nitrogen and oxygen atoms in total. The van der Waals surface area contributed by atoms with Crippen molar-refractivity contribution in [3.8, 4) is 0 Å². The van der Waals surface area contributed by atoms with E-state index in [0.29, 0.717) is 11.6 Å². The molecule has 2 heterocycles. The quantitative estimate of drug-likeness (QED) is 0.849. The largest absolute Gasteiger partial charge is 0.360 e.